The number of carbonyl (C=O) groups excluding carboxylic acids is 2. The maximum atomic E-state index is 13.4. The summed E-state index contributed by atoms with van der Waals surface area (Å²) in [4.78, 5) is 33.6. The molecule has 3 aromatic rings. The van der Waals surface area contributed by atoms with Gasteiger partial charge in [-0.2, -0.15) is 0 Å². The number of hydrogen-bond acceptors (Lipinski definition) is 7. The lowest BCUT2D eigenvalue weighted by Gasteiger charge is -2.33. The molecule has 1 aromatic heterocycles. The number of likely N-dealkylation sites (tertiary alicyclic amines) is 1. The summed E-state index contributed by atoms with van der Waals surface area (Å²) in [6.45, 7) is 9.64. The molecule has 0 spiro atoms. The summed E-state index contributed by atoms with van der Waals surface area (Å²) in [6, 6.07) is 13.6. The lowest BCUT2D eigenvalue weighted by atomic mass is 10.0. The topological polar surface area (TPSA) is 93.4 Å². The van der Waals surface area contributed by atoms with E-state index in [4.69, 9.17) is 9.47 Å². The van der Waals surface area contributed by atoms with Crippen molar-refractivity contribution in [2.24, 2.45) is 4.99 Å². The van der Waals surface area contributed by atoms with E-state index in [0.717, 1.165) is 60.0 Å². The molecular formula is C34H39N3O5S. The number of thioether (sulfide) groups is 1. The normalized spacial score (nSPS) is 19.1. The first-order valence-electron chi connectivity index (χ1n) is 15.1. The number of esters is 1. The fourth-order valence-electron chi connectivity index (χ4n) is 5.73. The van der Waals surface area contributed by atoms with Crippen molar-refractivity contribution in [2.45, 2.75) is 66.0 Å². The van der Waals surface area contributed by atoms with Gasteiger partial charge in [-0.05, 0) is 82.4 Å². The average Bonchev–Trinajstić information content (AvgIpc) is 3.50. The Kier molecular flexibility index (Phi) is 9.60. The van der Waals surface area contributed by atoms with Gasteiger partial charge in [0.15, 0.2) is 0 Å². The third-order valence-electron chi connectivity index (χ3n) is 7.86. The lowest BCUT2D eigenvalue weighted by Crippen LogP contribution is -2.43. The number of para-hydroxylation sites is 1. The molecule has 8 nitrogen and oxygen atoms in total. The van der Waals surface area contributed by atoms with Crippen LogP contribution >= 0.6 is 11.8 Å². The summed E-state index contributed by atoms with van der Waals surface area (Å²) in [7, 11) is 0. The second kappa shape index (κ2) is 13.5. The molecule has 43 heavy (non-hydrogen) atoms. The first-order valence-corrected chi connectivity index (χ1v) is 15.9. The molecule has 0 aliphatic carbocycles. The number of carbonyl (C=O) groups is 2. The van der Waals surface area contributed by atoms with Crippen molar-refractivity contribution in [2.75, 3.05) is 19.8 Å². The number of hydrogen-bond donors (Lipinski definition) is 1. The standard InChI is InChI=1S/C34H39N3O5S/c1-5-23-12-10-13-27-24(20-36(31(23)27)21-29(38)37-18-9-8-11-22(37)4)19-28-32(39)30(34(40)42-7-3)33(43-28)35-25-14-16-26(17-15-25)41-6-2/h10,12-17,19-20,22,39H,5-9,11,18,21H2,1-4H3/b28-19-,35-33?/t22-/m1/s1. The van der Waals surface area contributed by atoms with E-state index in [-0.39, 0.29) is 36.4 Å². The summed E-state index contributed by atoms with van der Waals surface area (Å²) in [5, 5.41) is 12.7. The number of aliphatic imine (C=N–C) groups is 1. The Morgan fingerprint density at radius 3 is 2.58 bits per heavy atom. The molecule has 2 aromatic carbocycles. The number of aliphatic hydroxyl groups excluding tert-OH is 1. The maximum Gasteiger partial charge on any atom is 0.344 e. The Hall–Kier alpha value is -3.98. The number of benzene rings is 2. The fraction of sp³-hybridized carbons (Fsp3) is 0.382. The van der Waals surface area contributed by atoms with Crippen LogP contribution in [-0.4, -0.2) is 57.3 Å². The predicted octanol–water partition coefficient (Wildman–Crippen LogP) is 7.20. The molecule has 226 valence electrons. The molecular weight excluding hydrogens is 562 g/mol. The molecule has 0 bridgehead atoms. The number of piperidine rings is 1. The van der Waals surface area contributed by atoms with Gasteiger partial charge in [0.25, 0.3) is 0 Å². The lowest BCUT2D eigenvalue weighted by molar-refractivity contribution is -0.138. The summed E-state index contributed by atoms with van der Waals surface area (Å²) in [6.07, 6.45) is 7.88. The molecule has 0 radical (unpaired) electrons. The average molecular weight is 602 g/mol. The number of fused-ring (bicyclic) bond motifs is 1. The van der Waals surface area contributed by atoms with Crippen molar-refractivity contribution in [3.63, 3.8) is 0 Å². The van der Waals surface area contributed by atoms with E-state index >= 15 is 0 Å². The van der Waals surface area contributed by atoms with Crippen LogP contribution in [0.1, 0.15) is 58.1 Å². The van der Waals surface area contributed by atoms with Crippen LogP contribution < -0.4 is 4.74 Å². The van der Waals surface area contributed by atoms with E-state index in [2.05, 4.69) is 24.9 Å². The molecule has 5 rings (SSSR count). The number of aryl methyl sites for hydroxylation is 1. The summed E-state index contributed by atoms with van der Waals surface area (Å²) in [5.41, 5.74) is 3.67. The molecule has 0 unspecified atom stereocenters. The largest absolute Gasteiger partial charge is 0.506 e. The zero-order valence-corrected chi connectivity index (χ0v) is 26.1. The quantitative estimate of drug-likeness (QED) is 0.261. The number of amides is 1. The zero-order valence-electron chi connectivity index (χ0n) is 25.3. The first kappa shape index (κ1) is 30.5. The van der Waals surface area contributed by atoms with Crippen molar-refractivity contribution in [1.82, 2.24) is 9.47 Å². The summed E-state index contributed by atoms with van der Waals surface area (Å²) in [5.74, 6) is 0.0455. The predicted molar refractivity (Wildman–Crippen MR) is 173 cm³/mol. The minimum Gasteiger partial charge on any atom is -0.506 e. The molecule has 2 aliphatic rings. The molecule has 9 heteroatoms. The number of nitrogens with zero attached hydrogens (tertiary/aromatic N) is 3. The Morgan fingerprint density at radius 1 is 1.09 bits per heavy atom. The molecule has 1 amide bonds. The minimum atomic E-state index is -0.627. The Morgan fingerprint density at radius 2 is 1.88 bits per heavy atom. The minimum absolute atomic E-state index is 0.0410. The van der Waals surface area contributed by atoms with Gasteiger partial charge in [0.1, 0.15) is 28.7 Å². The molecule has 1 saturated heterocycles. The van der Waals surface area contributed by atoms with Gasteiger partial charge in [0.05, 0.1) is 29.3 Å². The van der Waals surface area contributed by atoms with Crippen LogP contribution in [0, 0.1) is 0 Å². The second-order valence-electron chi connectivity index (χ2n) is 10.7. The first-order chi connectivity index (χ1) is 20.8. The SMILES string of the molecule is CCOC(=O)C1=C(O)/C(=C/c2cn(CC(=O)N3CCCC[C@H]3C)c3c(CC)cccc23)SC1=Nc1ccc(OCC)cc1. The monoisotopic (exact) mass is 601 g/mol. The van der Waals surface area contributed by atoms with Crippen LogP contribution in [0.2, 0.25) is 0 Å². The number of aromatic nitrogens is 1. The highest BCUT2D eigenvalue weighted by molar-refractivity contribution is 8.18. The maximum absolute atomic E-state index is 13.4. The van der Waals surface area contributed by atoms with E-state index in [1.165, 1.54) is 11.8 Å². The molecule has 0 saturated carbocycles. The van der Waals surface area contributed by atoms with E-state index in [9.17, 15) is 14.7 Å². The fourth-order valence-corrected chi connectivity index (χ4v) is 6.76. The van der Waals surface area contributed by atoms with Gasteiger partial charge < -0.3 is 24.0 Å². The molecule has 3 heterocycles. The summed E-state index contributed by atoms with van der Waals surface area (Å²) < 4.78 is 12.8. The molecule has 1 atom stereocenters. The van der Waals surface area contributed by atoms with Crippen LogP contribution in [0.15, 0.2) is 69.9 Å². The van der Waals surface area contributed by atoms with Crippen LogP contribution in [0.3, 0.4) is 0 Å². The number of rotatable bonds is 9. The molecule has 1 N–H and O–H groups in total. The van der Waals surface area contributed by atoms with Crippen LogP contribution in [0.4, 0.5) is 5.69 Å². The molecule has 1 fully saturated rings. The van der Waals surface area contributed by atoms with Gasteiger partial charge in [-0.1, -0.05) is 36.9 Å². The van der Waals surface area contributed by atoms with Gasteiger partial charge in [0.2, 0.25) is 5.91 Å². The van der Waals surface area contributed by atoms with Crippen molar-refractivity contribution in [3.05, 3.63) is 76.0 Å². The Balaban J connectivity index is 1.54. The zero-order chi connectivity index (χ0) is 30.5. The third kappa shape index (κ3) is 6.51. The molecule has 2 aliphatic heterocycles. The van der Waals surface area contributed by atoms with Gasteiger partial charge in [-0.3, -0.25) is 4.79 Å². The van der Waals surface area contributed by atoms with E-state index in [1.807, 2.05) is 52.9 Å². The highest BCUT2D eigenvalue weighted by Crippen LogP contribution is 2.41. The highest BCUT2D eigenvalue weighted by Gasteiger charge is 2.33. The van der Waals surface area contributed by atoms with Crippen LogP contribution in [0.5, 0.6) is 5.75 Å². The van der Waals surface area contributed by atoms with Gasteiger partial charge in [-0.25, -0.2) is 9.79 Å². The van der Waals surface area contributed by atoms with Crippen molar-refractivity contribution >= 4 is 51.3 Å². The van der Waals surface area contributed by atoms with Crippen LogP contribution in [-0.2, 0) is 27.3 Å². The Bertz CT molecular complexity index is 1600. The smallest absolute Gasteiger partial charge is 0.344 e. The highest BCUT2D eigenvalue weighted by atomic mass is 32.2. The van der Waals surface area contributed by atoms with Crippen LogP contribution in [0.25, 0.3) is 17.0 Å². The van der Waals surface area contributed by atoms with E-state index < -0.39 is 5.97 Å². The van der Waals surface area contributed by atoms with Gasteiger partial charge in [0, 0.05) is 29.7 Å². The van der Waals surface area contributed by atoms with Crippen molar-refractivity contribution in [3.8, 4) is 5.75 Å². The third-order valence-corrected chi connectivity index (χ3v) is 8.88. The van der Waals surface area contributed by atoms with E-state index in [1.54, 1.807) is 19.1 Å². The van der Waals surface area contributed by atoms with E-state index in [0.29, 0.717) is 22.2 Å². The number of aliphatic hydroxyl groups is 1. The van der Waals surface area contributed by atoms with Crippen molar-refractivity contribution in [1.29, 1.82) is 0 Å². The second-order valence-corrected chi connectivity index (χ2v) is 11.7. The van der Waals surface area contributed by atoms with Crippen molar-refractivity contribution < 1.29 is 24.2 Å². The van der Waals surface area contributed by atoms with Gasteiger partial charge in [-0.15, -0.1) is 0 Å². The number of ether oxygens (including phenoxy) is 2. The van der Waals surface area contributed by atoms with Gasteiger partial charge >= 0.3 is 5.97 Å². The Labute approximate surface area is 257 Å². The summed E-state index contributed by atoms with van der Waals surface area (Å²) >= 11 is 1.22.